The number of nitrogens with one attached hydrogen (secondary N) is 1. The lowest BCUT2D eigenvalue weighted by molar-refractivity contribution is -0.122. The maximum Gasteiger partial charge on any atom is 0.360 e. The van der Waals surface area contributed by atoms with E-state index in [0.29, 0.717) is 5.75 Å². The van der Waals surface area contributed by atoms with E-state index in [0.717, 1.165) is 0 Å². The maximum absolute atomic E-state index is 12.3. The minimum Gasteiger partial charge on any atom is -0.481 e. The predicted octanol–water partition coefficient (Wildman–Crippen LogP) is 3.86. The maximum atomic E-state index is 12.3. The summed E-state index contributed by atoms with van der Waals surface area (Å²) in [5, 5.41) is 2.51. The zero-order chi connectivity index (χ0) is 20.2. The van der Waals surface area contributed by atoms with Crippen LogP contribution in [0.4, 0.5) is 6.01 Å². The summed E-state index contributed by atoms with van der Waals surface area (Å²) in [6.07, 6.45) is -0.774. The fourth-order valence-corrected chi connectivity index (χ4v) is 2.34. The summed E-state index contributed by atoms with van der Waals surface area (Å²) in [6.45, 7) is 11.5. The predicted molar refractivity (Wildman–Crippen MR) is 101 cm³/mol. The first-order valence-electron chi connectivity index (χ1n) is 8.84. The molecule has 1 amide bonds. The van der Waals surface area contributed by atoms with Crippen molar-refractivity contribution in [3.63, 3.8) is 0 Å². The van der Waals surface area contributed by atoms with Crippen LogP contribution in [-0.4, -0.2) is 29.6 Å². The molecule has 2 rings (SSSR count). The zero-order valence-corrected chi connectivity index (χ0v) is 16.6. The quantitative estimate of drug-likeness (QED) is 0.772. The average Bonchev–Trinajstić information content (AvgIpc) is 2.95. The van der Waals surface area contributed by atoms with E-state index in [4.69, 9.17) is 13.9 Å². The van der Waals surface area contributed by atoms with Gasteiger partial charge in [-0.1, -0.05) is 32.9 Å². The van der Waals surface area contributed by atoms with Gasteiger partial charge in [0.25, 0.3) is 5.91 Å². The van der Waals surface area contributed by atoms with Gasteiger partial charge in [0.05, 0.1) is 6.61 Å². The molecule has 2 aromatic rings. The van der Waals surface area contributed by atoms with Crippen molar-refractivity contribution in [2.45, 2.75) is 53.1 Å². The number of rotatable bonds is 6. The molecule has 1 N–H and O–H groups in total. The van der Waals surface area contributed by atoms with Crippen molar-refractivity contribution >= 4 is 17.9 Å². The van der Waals surface area contributed by atoms with Gasteiger partial charge in [-0.15, -0.1) is 0 Å². The number of carbonyl (C=O) groups is 2. The number of esters is 1. The molecule has 1 atom stereocenters. The molecular formula is C20H26N2O5. The van der Waals surface area contributed by atoms with Crippen molar-refractivity contribution in [3.8, 4) is 5.75 Å². The molecule has 0 spiro atoms. The Morgan fingerprint density at radius 2 is 1.85 bits per heavy atom. The SMILES string of the molecule is CCOC(=O)c1nc(NC(=O)[C@@H](C)Oc2ccc(C(C)(C)C)cc2)oc1C. The highest BCUT2D eigenvalue weighted by molar-refractivity contribution is 5.93. The summed E-state index contributed by atoms with van der Waals surface area (Å²) in [7, 11) is 0. The topological polar surface area (TPSA) is 90.7 Å². The van der Waals surface area contributed by atoms with Crippen LogP contribution in [0.2, 0.25) is 0 Å². The number of ether oxygens (including phenoxy) is 2. The number of amides is 1. The molecular weight excluding hydrogens is 348 g/mol. The molecule has 1 heterocycles. The summed E-state index contributed by atoms with van der Waals surface area (Å²) in [5.41, 5.74) is 1.26. The Hall–Kier alpha value is -2.83. The van der Waals surface area contributed by atoms with Crippen LogP contribution in [-0.2, 0) is 14.9 Å². The molecule has 0 unspecified atom stereocenters. The molecule has 7 nitrogen and oxygen atoms in total. The van der Waals surface area contributed by atoms with Gasteiger partial charge in [-0.05, 0) is 43.9 Å². The van der Waals surface area contributed by atoms with E-state index >= 15 is 0 Å². The number of nitrogens with zero attached hydrogens (tertiary/aromatic N) is 1. The smallest absolute Gasteiger partial charge is 0.360 e. The number of benzene rings is 1. The molecule has 0 bridgehead atoms. The number of aryl methyl sites for hydroxylation is 1. The second-order valence-corrected chi connectivity index (χ2v) is 7.17. The lowest BCUT2D eigenvalue weighted by Gasteiger charge is -2.20. The van der Waals surface area contributed by atoms with Crippen LogP contribution in [0, 0.1) is 6.92 Å². The molecule has 0 saturated heterocycles. The van der Waals surface area contributed by atoms with E-state index < -0.39 is 18.0 Å². The molecule has 0 aliphatic carbocycles. The Morgan fingerprint density at radius 3 is 2.41 bits per heavy atom. The normalized spacial score (nSPS) is 12.4. The van der Waals surface area contributed by atoms with E-state index in [1.165, 1.54) is 5.56 Å². The lowest BCUT2D eigenvalue weighted by Crippen LogP contribution is -2.30. The molecule has 1 aromatic carbocycles. The van der Waals surface area contributed by atoms with Crippen LogP contribution in [0.5, 0.6) is 5.75 Å². The Morgan fingerprint density at radius 1 is 1.22 bits per heavy atom. The summed E-state index contributed by atoms with van der Waals surface area (Å²) >= 11 is 0. The van der Waals surface area contributed by atoms with Crippen LogP contribution >= 0.6 is 0 Å². The third-order valence-electron chi connectivity index (χ3n) is 3.90. The number of anilines is 1. The Bertz CT molecular complexity index is 803. The Balaban J connectivity index is 2.00. The van der Waals surface area contributed by atoms with Crippen LogP contribution < -0.4 is 10.1 Å². The van der Waals surface area contributed by atoms with Crippen molar-refractivity contribution in [2.24, 2.45) is 0 Å². The van der Waals surface area contributed by atoms with E-state index in [-0.39, 0.29) is 29.5 Å². The molecule has 0 fully saturated rings. The second-order valence-electron chi connectivity index (χ2n) is 7.17. The van der Waals surface area contributed by atoms with E-state index in [9.17, 15) is 9.59 Å². The number of hydrogen-bond acceptors (Lipinski definition) is 6. The molecule has 0 saturated carbocycles. The largest absolute Gasteiger partial charge is 0.481 e. The second kappa shape index (κ2) is 8.24. The van der Waals surface area contributed by atoms with Gasteiger partial charge < -0.3 is 13.9 Å². The fraction of sp³-hybridized carbons (Fsp3) is 0.450. The average molecular weight is 374 g/mol. The number of aromatic nitrogens is 1. The highest BCUT2D eigenvalue weighted by Crippen LogP contribution is 2.25. The molecule has 0 aliphatic rings. The molecule has 0 radical (unpaired) electrons. The Labute approximate surface area is 159 Å². The third kappa shape index (κ3) is 5.32. The van der Waals surface area contributed by atoms with Crippen LogP contribution in [0.25, 0.3) is 0 Å². The van der Waals surface area contributed by atoms with Gasteiger partial charge in [0.1, 0.15) is 11.5 Å². The zero-order valence-electron chi connectivity index (χ0n) is 16.6. The highest BCUT2D eigenvalue weighted by atomic mass is 16.5. The molecule has 7 heteroatoms. The van der Waals surface area contributed by atoms with Gasteiger partial charge in [-0.3, -0.25) is 10.1 Å². The Kier molecular flexibility index (Phi) is 6.25. The molecule has 1 aromatic heterocycles. The first-order valence-corrected chi connectivity index (χ1v) is 8.84. The fourth-order valence-electron chi connectivity index (χ4n) is 2.34. The summed E-state index contributed by atoms with van der Waals surface area (Å²) in [4.78, 5) is 28.0. The van der Waals surface area contributed by atoms with E-state index in [1.807, 2.05) is 24.3 Å². The minimum absolute atomic E-state index is 0.0403. The van der Waals surface area contributed by atoms with Crippen molar-refractivity contribution in [3.05, 3.63) is 41.3 Å². The summed E-state index contributed by atoms with van der Waals surface area (Å²) in [6, 6.07) is 7.54. The van der Waals surface area contributed by atoms with Gasteiger partial charge in [0.15, 0.2) is 11.8 Å². The number of hydrogen-bond donors (Lipinski definition) is 1. The first-order chi connectivity index (χ1) is 12.6. The van der Waals surface area contributed by atoms with Crippen molar-refractivity contribution in [2.75, 3.05) is 11.9 Å². The molecule has 146 valence electrons. The van der Waals surface area contributed by atoms with E-state index in [1.54, 1.807) is 20.8 Å². The summed E-state index contributed by atoms with van der Waals surface area (Å²) < 4.78 is 15.9. The van der Waals surface area contributed by atoms with Crippen molar-refractivity contribution in [1.82, 2.24) is 4.98 Å². The standard InChI is InChI=1S/C20H26N2O5/c1-7-25-18(24)16-12(2)27-19(21-16)22-17(23)13(3)26-15-10-8-14(9-11-15)20(4,5)6/h8-11,13H,7H2,1-6H3,(H,21,22,23)/t13-/m1/s1. The minimum atomic E-state index is -0.774. The van der Waals surface area contributed by atoms with Crippen LogP contribution in [0.1, 0.15) is 56.4 Å². The van der Waals surface area contributed by atoms with Crippen molar-refractivity contribution < 1.29 is 23.5 Å². The van der Waals surface area contributed by atoms with Crippen LogP contribution in [0.15, 0.2) is 28.7 Å². The monoisotopic (exact) mass is 374 g/mol. The van der Waals surface area contributed by atoms with Gasteiger partial charge in [0, 0.05) is 0 Å². The van der Waals surface area contributed by atoms with Gasteiger partial charge >= 0.3 is 12.0 Å². The van der Waals surface area contributed by atoms with Gasteiger partial charge in [0.2, 0.25) is 0 Å². The van der Waals surface area contributed by atoms with Gasteiger partial charge in [-0.25, -0.2) is 4.79 Å². The molecule has 27 heavy (non-hydrogen) atoms. The highest BCUT2D eigenvalue weighted by Gasteiger charge is 2.22. The van der Waals surface area contributed by atoms with Gasteiger partial charge in [-0.2, -0.15) is 4.98 Å². The lowest BCUT2D eigenvalue weighted by atomic mass is 9.87. The summed E-state index contributed by atoms with van der Waals surface area (Å²) in [5.74, 6) is -0.175. The third-order valence-corrected chi connectivity index (χ3v) is 3.90. The first kappa shape index (κ1) is 20.5. The van der Waals surface area contributed by atoms with E-state index in [2.05, 4.69) is 31.1 Å². The van der Waals surface area contributed by atoms with Crippen molar-refractivity contribution in [1.29, 1.82) is 0 Å². The molecule has 0 aliphatic heterocycles. The van der Waals surface area contributed by atoms with Crippen LogP contribution in [0.3, 0.4) is 0 Å². The number of oxazole rings is 1. The number of carbonyl (C=O) groups excluding carboxylic acids is 2.